The van der Waals surface area contributed by atoms with E-state index < -0.39 is 0 Å². The molecule has 0 aromatic carbocycles. The van der Waals surface area contributed by atoms with Crippen molar-refractivity contribution in [2.75, 3.05) is 50.8 Å². The number of β-lactam (4-membered cyclic amide) rings is 1. The maximum Gasteiger partial charge on any atom is 0.224 e. The number of anilines is 1. The van der Waals surface area contributed by atoms with Gasteiger partial charge in [0, 0.05) is 56.6 Å². The van der Waals surface area contributed by atoms with Crippen LogP contribution in [0.1, 0.15) is 24.1 Å². The van der Waals surface area contributed by atoms with Crippen LogP contribution in [-0.4, -0.2) is 77.7 Å². The number of rotatable bonds is 4. The molecule has 0 aliphatic carbocycles. The van der Waals surface area contributed by atoms with Crippen molar-refractivity contribution in [2.24, 2.45) is 0 Å². The largest absolute Gasteiger partial charge is 0.378 e. The topological polar surface area (TPSA) is 61.8 Å². The molecule has 0 saturated carbocycles. The Labute approximate surface area is 173 Å². The zero-order chi connectivity index (χ0) is 19.1. The molecule has 2 aromatic heterocycles. The third-order valence-corrected chi connectivity index (χ3v) is 7.23. The van der Waals surface area contributed by atoms with E-state index in [0.29, 0.717) is 17.2 Å². The third-order valence-electron chi connectivity index (χ3n) is 5.95. The first-order chi connectivity index (χ1) is 13.7. The standard InChI is InChI=1S/C19H24ClN5O2S/c20-19-21-15-11-14(28-17(15)18(22-19)24-7-9-27-10-8-24)12-23-4-1-13(2-5-23)25-6-3-16(25)26/h11,13H,1-10,12H2. The number of halogens is 1. The molecule has 0 unspecified atom stereocenters. The lowest BCUT2D eigenvalue weighted by atomic mass is 9.99. The van der Waals surface area contributed by atoms with Crippen LogP contribution >= 0.6 is 22.9 Å². The molecule has 5 heterocycles. The van der Waals surface area contributed by atoms with Crippen molar-refractivity contribution in [2.45, 2.75) is 31.8 Å². The fraction of sp³-hybridized carbons (Fsp3) is 0.632. The molecule has 28 heavy (non-hydrogen) atoms. The number of hydrogen-bond donors (Lipinski definition) is 0. The van der Waals surface area contributed by atoms with Crippen molar-refractivity contribution in [3.63, 3.8) is 0 Å². The Kier molecular flexibility index (Phi) is 5.13. The van der Waals surface area contributed by atoms with E-state index in [2.05, 4.69) is 30.7 Å². The quantitative estimate of drug-likeness (QED) is 0.558. The lowest BCUT2D eigenvalue weighted by Crippen LogP contribution is -2.53. The Morgan fingerprint density at radius 1 is 1.14 bits per heavy atom. The molecule has 150 valence electrons. The van der Waals surface area contributed by atoms with Gasteiger partial charge in [-0.2, -0.15) is 4.98 Å². The van der Waals surface area contributed by atoms with Crippen molar-refractivity contribution in [3.8, 4) is 0 Å². The molecule has 3 saturated heterocycles. The molecule has 5 rings (SSSR count). The molecule has 0 atom stereocenters. The number of morpholine rings is 1. The molecular formula is C19H24ClN5O2S. The molecule has 0 N–H and O–H groups in total. The van der Waals surface area contributed by atoms with Crippen molar-refractivity contribution >= 4 is 44.9 Å². The summed E-state index contributed by atoms with van der Waals surface area (Å²) in [5, 5.41) is 0.304. The summed E-state index contributed by atoms with van der Waals surface area (Å²) in [4.78, 5) is 28.7. The van der Waals surface area contributed by atoms with Gasteiger partial charge in [-0.3, -0.25) is 9.69 Å². The van der Waals surface area contributed by atoms with Gasteiger partial charge in [-0.05, 0) is 30.5 Å². The summed E-state index contributed by atoms with van der Waals surface area (Å²) < 4.78 is 6.58. The summed E-state index contributed by atoms with van der Waals surface area (Å²) in [7, 11) is 0. The summed E-state index contributed by atoms with van der Waals surface area (Å²) in [6, 6.07) is 2.60. The molecule has 0 spiro atoms. The van der Waals surface area contributed by atoms with Crippen molar-refractivity contribution in [1.29, 1.82) is 0 Å². The highest BCUT2D eigenvalue weighted by Crippen LogP contribution is 2.34. The molecule has 3 aliphatic rings. The summed E-state index contributed by atoms with van der Waals surface area (Å²) >= 11 is 7.97. The second-order valence-electron chi connectivity index (χ2n) is 7.69. The van der Waals surface area contributed by atoms with E-state index in [0.717, 1.165) is 87.8 Å². The van der Waals surface area contributed by atoms with Crippen LogP contribution < -0.4 is 4.90 Å². The Bertz CT molecular complexity index is 877. The van der Waals surface area contributed by atoms with Gasteiger partial charge in [-0.1, -0.05) is 0 Å². The highest BCUT2D eigenvalue weighted by Gasteiger charge is 2.33. The summed E-state index contributed by atoms with van der Waals surface area (Å²) in [6.07, 6.45) is 2.87. The molecule has 2 aromatic rings. The smallest absolute Gasteiger partial charge is 0.224 e. The normalized spacial score (nSPS) is 22.1. The van der Waals surface area contributed by atoms with Crippen LogP contribution in [0.25, 0.3) is 10.2 Å². The Balaban J connectivity index is 1.29. The second-order valence-corrected chi connectivity index (χ2v) is 9.16. The van der Waals surface area contributed by atoms with Gasteiger partial charge >= 0.3 is 0 Å². The highest BCUT2D eigenvalue weighted by molar-refractivity contribution is 7.19. The fourth-order valence-corrected chi connectivity index (χ4v) is 5.66. The number of carbonyl (C=O) groups is 1. The maximum absolute atomic E-state index is 11.7. The SMILES string of the molecule is O=C1CCN1C1CCN(Cc2cc3nc(Cl)nc(N4CCOCC4)c3s2)CC1. The van der Waals surface area contributed by atoms with E-state index in [9.17, 15) is 4.79 Å². The number of amides is 1. The van der Waals surface area contributed by atoms with E-state index >= 15 is 0 Å². The maximum atomic E-state index is 11.7. The van der Waals surface area contributed by atoms with Crippen LogP contribution in [0.15, 0.2) is 6.07 Å². The van der Waals surface area contributed by atoms with Crippen molar-refractivity contribution < 1.29 is 9.53 Å². The van der Waals surface area contributed by atoms with Gasteiger partial charge in [-0.25, -0.2) is 4.98 Å². The molecule has 3 fully saturated rings. The van der Waals surface area contributed by atoms with E-state index in [1.807, 2.05) is 0 Å². The van der Waals surface area contributed by atoms with Gasteiger partial charge in [0.2, 0.25) is 11.2 Å². The Morgan fingerprint density at radius 3 is 2.61 bits per heavy atom. The summed E-state index contributed by atoms with van der Waals surface area (Å²) in [6.45, 7) is 7.03. The zero-order valence-electron chi connectivity index (χ0n) is 15.8. The minimum absolute atomic E-state index is 0.304. The van der Waals surface area contributed by atoms with Crippen molar-refractivity contribution in [3.05, 3.63) is 16.2 Å². The molecule has 0 radical (unpaired) electrons. The number of carbonyl (C=O) groups excluding carboxylic acids is 1. The number of thiophene rings is 1. The zero-order valence-corrected chi connectivity index (χ0v) is 17.3. The number of likely N-dealkylation sites (tertiary alicyclic amines) is 2. The van der Waals surface area contributed by atoms with E-state index in [-0.39, 0.29) is 0 Å². The van der Waals surface area contributed by atoms with Crippen LogP contribution in [-0.2, 0) is 16.1 Å². The monoisotopic (exact) mass is 421 g/mol. The van der Waals surface area contributed by atoms with Gasteiger partial charge in [-0.15, -0.1) is 11.3 Å². The Morgan fingerprint density at radius 2 is 1.93 bits per heavy atom. The second kappa shape index (κ2) is 7.74. The predicted octanol–water partition coefficient (Wildman–Crippen LogP) is 2.38. The van der Waals surface area contributed by atoms with Crippen LogP contribution in [0.2, 0.25) is 5.28 Å². The Hall–Kier alpha value is -1.48. The van der Waals surface area contributed by atoms with Gasteiger partial charge in [0.25, 0.3) is 0 Å². The molecule has 9 heteroatoms. The molecule has 0 bridgehead atoms. The molecule has 7 nitrogen and oxygen atoms in total. The third kappa shape index (κ3) is 3.58. The minimum atomic E-state index is 0.304. The number of fused-ring (bicyclic) bond motifs is 1. The summed E-state index contributed by atoms with van der Waals surface area (Å²) in [5.74, 6) is 1.26. The summed E-state index contributed by atoms with van der Waals surface area (Å²) in [5.41, 5.74) is 0.933. The molecule has 1 amide bonds. The van der Waals surface area contributed by atoms with Crippen molar-refractivity contribution in [1.82, 2.24) is 19.8 Å². The number of aromatic nitrogens is 2. The van der Waals surface area contributed by atoms with Gasteiger partial charge in [0.05, 0.1) is 23.4 Å². The van der Waals surface area contributed by atoms with Gasteiger partial charge in [0.1, 0.15) is 0 Å². The predicted molar refractivity (Wildman–Crippen MR) is 110 cm³/mol. The minimum Gasteiger partial charge on any atom is -0.378 e. The molecular weight excluding hydrogens is 398 g/mol. The van der Waals surface area contributed by atoms with Crippen LogP contribution in [0, 0.1) is 0 Å². The first-order valence-corrected chi connectivity index (χ1v) is 11.2. The van der Waals surface area contributed by atoms with E-state index in [4.69, 9.17) is 16.3 Å². The lowest BCUT2D eigenvalue weighted by Gasteiger charge is -2.42. The fourth-order valence-electron chi connectivity index (χ4n) is 4.33. The highest BCUT2D eigenvalue weighted by atomic mass is 35.5. The van der Waals surface area contributed by atoms with Crippen LogP contribution in [0.4, 0.5) is 5.82 Å². The van der Waals surface area contributed by atoms with Crippen LogP contribution in [0.5, 0.6) is 0 Å². The number of nitrogens with zero attached hydrogens (tertiary/aromatic N) is 5. The lowest BCUT2D eigenvalue weighted by molar-refractivity contribution is -0.144. The molecule has 3 aliphatic heterocycles. The van der Waals surface area contributed by atoms with Gasteiger partial charge < -0.3 is 14.5 Å². The first kappa shape index (κ1) is 18.5. The first-order valence-electron chi connectivity index (χ1n) is 9.98. The van der Waals surface area contributed by atoms with E-state index in [1.54, 1.807) is 11.3 Å². The van der Waals surface area contributed by atoms with Crippen LogP contribution in [0.3, 0.4) is 0 Å². The number of piperidine rings is 1. The number of hydrogen-bond acceptors (Lipinski definition) is 7. The average molecular weight is 422 g/mol. The average Bonchev–Trinajstić information content (AvgIpc) is 3.10. The van der Waals surface area contributed by atoms with Gasteiger partial charge in [0.15, 0.2) is 5.82 Å². The number of ether oxygens (including phenoxy) is 1. The van der Waals surface area contributed by atoms with E-state index in [1.165, 1.54) is 4.88 Å².